The minimum atomic E-state index is -3.49. The van der Waals surface area contributed by atoms with E-state index in [9.17, 15) is 18.0 Å². The lowest BCUT2D eigenvalue weighted by atomic mass is 10.0. The van der Waals surface area contributed by atoms with Gasteiger partial charge in [0.1, 0.15) is 0 Å². The Hall–Kier alpha value is -2.37. The normalized spacial score (nSPS) is 17.1. The molecule has 2 aromatic rings. The summed E-state index contributed by atoms with van der Waals surface area (Å²) in [7, 11) is -2.00. The molecule has 0 bridgehead atoms. The third-order valence-electron chi connectivity index (χ3n) is 5.94. The molecule has 9 nitrogen and oxygen atoms in total. The van der Waals surface area contributed by atoms with E-state index < -0.39 is 16.1 Å². The van der Waals surface area contributed by atoms with Crippen molar-refractivity contribution in [2.75, 3.05) is 25.2 Å². The number of amides is 2. The lowest BCUT2D eigenvalue weighted by Gasteiger charge is -2.24. The van der Waals surface area contributed by atoms with E-state index in [-0.39, 0.29) is 11.8 Å². The van der Waals surface area contributed by atoms with E-state index in [1.165, 1.54) is 29.6 Å². The van der Waals surface area contributed by atoms with Gasteiger partial charge >= 0.3 is 0 Å². The molecular formula is C21H27N5O4S2. The maximum absolute atomic E-state index is 13.3. The molecule has 32 heavy (non-hydrogen) atoms. The fourth-order valence-corrected chi connectivity index (χ4v) is 5.55. The molecule has 0 spiro atoms. The zero-order chi connectivity index (χ0) is 23.4. The summed E-state index contributed by atoms with van der Waals surface area (Å²) in [5.74, 6) is 0.247. The number of nitrogens with zero attached hydrogens (tertiary/aromatic N) is 4. The van der Waals surface area contributed by atoms with Crippen molar-refractivity contribution in [2.45, 2.75) is 46.2 Å². The maximum Gasteiger partial charge on any atom is 0.256 e. The molecule has 1 aliphatic carbocycles. The highest BCUT2D eigenvalue weighted by Crippen LogP contribution is 2.39. The van der Waals surface area contributed by atoms with E-state index in [4.69, 9.17) is 4.98 Å². The van der Waals surface area contributed by atoms with Crippen LogP contribution in [0.25, 0.3) is 10.6 Å². The van der Waals surface area contributed by atoms with E-state index in [0.717, 1.165) is 29.5 Å². The number of carbonyl (C=O) groups is 2. The van der Waals surface area contributed by atoms with Crippen LogP contribution in [0.4, 0.5) is 5.13 Å². The number of thiazole rings is 1. The van der Waals surface area contributed by atoms with E-state index in [0.29, 0.717) is 46.8 Å². The first-order valence-corrected chi connectivity index (χ1v) is 13.1. The quantitative estimate of drug-likeness (QED) is 0.656. The topological polar surface area (TPSA) is 113 Å². The Morgan fingerprint density at radius 3 is 2.66 bits per heavy atom. The van der Waals surface area contributed by atoms with Crippen molar-refractivity contribution < 1.29 is 18.0 Å². The van der Waals surface area contributed by atoms with Crippen molar-refractivity contribution in [3.05, 3.63) is 28.6 Å². The molecule has 11 heteroatoms. The molecule has 0 aromatic carbocycles. The van der Waals surface area contributed by atoms with Gasteiger partial charge in [-0.2, -0.15) is 4.31 Å². The number of hydrogen-bond acceptors (Lipinski definition) is 7. The van der Waals surface area contributed by atoms with E-state index in [1.807, 2.05) is 17.9 Å². The SMILES string of the molecule is CC(=O)Nc1nc(C)c(-c2cc3c(c(C(C)N(C)S(C)(=O)=O)n2)C(=O)N(CC2CC2)C3)s1. The lowest BCUT2D eigenvalue weighted by molar-refractivity contribution is -0.114. The van der Waals surface area contributed by atoms with Crippen molar-refractivity contribution in [1.29, 1.82) is 0 Å². The van der Waals surface area contributed by atoms with Crippen LogP contribution >= 0.6 is 11.3 Å². The predicted octanol–water partition coefficient (Wildman–Crippen LogP) is 2.79. The van der Waals surface area contributed by atoms with Crippen LogP contribution in [0.15, 0.2) is 6.07 Å². The van der Waals surface area contributed by atoms with Gasteiger partial charge in [-0.25, -0.2) is 18.4 Å². The minimum Gasteiger partial charge on any atom is -0.334 e. The highest BCUT2D eigenvalue weighted by molar-refractivity contribution is 7.88. The van der Waals surface area contributed by atoms with Crippen LogP contribution in [0, 0.1) is 12.8 Å². The standard InChI is InChI=1S/C21H27N5O4S2/c1-11-19(31-21(22-11)23-13(3)27)16-8-15-10-26(9-14-6-7-14)20(28)17(15)18(24-16)12(2)25(4)32(5,29)30/h8,12,14H,6-7,9-10H2,1-5H3,(H,22,23,27). The third kappa shape index (κ3) is 4.41. The molecular weight excluding hydrogens is 450 g/mol. The van der Waals surface area contributed by atoms with Gasteiger partial charge in [-0.15, -0.1) is 0 Å². The van der Waals surface area contributed by atoms with Gasteiger partial charge < -0.3 is 10.2 Å². The Bertz CT molecular complexity index is 1200. The van der Waals surface area contributed by atoms with Crippen LogP contribution in [0.1, 0.15) is 60.0 Å². The molecule has 4 rings (SSSR count). The number of hydrogen-bond donors (Lipinski definition) is 1. The second-order valence-electron chi connectivity index (χ2n) is 8.63. The molecule has 2 aliphatic rings. The number of rotatable bonds is 7. The zero-order valence-corrected chi connectivity index (χ0v) is 20.4. The first-order chi connectivity index (χ1) is 15.0. The first kappa shape index (κ1) is 22.8. The largest absolute Gasteiger partial charge is 0.334 e. The minimum absolute atomic E-state index is 0.0883. The smallest absolute Gasteiger partial charge is 0.256 e. The molecule has 1 saturated carbocycles. The highest BCUT2D eigenvalue weighted by Gasteiger charge is 2.38. The Kier molecular flexibility index (Phi) is 5.84. The summed E-state index contributed by atoms with van der Waals surface area (Å²) in [5.41, 5.74) is 3.13. The Balaban J connectivity index is 1.81. The number of carbonyl (C=O) groups excluding carboxylic acids is 2. The van der Waals surface area contributed by atoms with Crippen LogP contribution in [-0.2, 0) is 21.4 Å². The van der Waals surface area contributed by atoms with Crippen molar-refractivity contribution in [2.24, 2.45) is 5.92 Å². The summed E-state index contributed by atoms with van der Waals surface area (Å²) >= 11 is 1.31. The molecule has 2 amide bonds. The third-order valence-corrected chi connectivity index (χ3v) is 8.40. The van der Waals surface area contributed by atoms with Crippen molar-refractivity contribution >= 4 is 38.3 Å². The number of aryl methyl sites for hydroxylation is 1. The summed E-state index contributed by atoms with van der Waals surface area (Å²) in [6.45, 7) is 6.20. The van der Waals surface area contributed by atoms with Crippen molar-refractivity contribution in [3.63, 3.8) is 0 Å². The Labute approximate surface area is 191 Å². The number of nitrogens with one attached hydrogen (secondary N) is 1. The van der Waals surface area contributed by atoms with Gasteiger partial charge in [0.15, 0.2) is 5.13 Å². The summed E-state index contributed by atoms with van der Waals surface area (Å²) < 4.78 is 25.7. The zero-order valence-electron chi connectivity index (χ0n) is 18.8. The van der Waals surface area contributed by atoms with E-state index in [2.05, 4.69) is 10.3 Å². The van der Waals surface area contributed by atoms with Gasteiger partial charge in [0.2, 0.25) is 15.9 Å². The monoisotopic (exact) mass is 477 g/mol. The number of fused-ring (bicyclic) bond motifs is 1. The van der Waals surface area contributed by atoms with Gasteiger partial charge in [-0.05, 0) is 44.2 Å². The molecule has 1 unspecified atom stereocenters. The maximum atomic E-state index is 13.3. The van der Waals surface area contributed by atoms with Gasteiger partial charge in [-0.1, -0.05) is 11.3 Å². The second-order valence-corrected chi connectivity index (χ2v) is 11.7. The van der Waals surface area contributed by atoms with Crippen LogP contribution < -0.4 is 5.32 Å². The van der Waals surface area contributed by atoms with E-state index in [1.54, 1.807) is 6.92 Å². The van der Waals surface area contributed by atoms with E-state index >= 15 is 0 Å². The predicted molar refractivity (Wildman–Crippen MR) is 123 cm³/mol. The molecule has 1 fully saturated rings. The molecule has 2 aromatic heterocycles. The average molecular weight is 478 g/mol. The second kappa shape index (κ2) is 8.20. The Morgan fingerprint density at radius 2 is 2.06 bits per heavy atom. The number of pyridine rings is 1. The van der Waals surface area contributed by atoms with Crippen LogP contribution in [-0.4, -0.2) is 59.3 Å². The molecule has 1 aliphatic heterocycles. The number of anilines is 1. The molecule has 0 saturated heterocycles. The molecule has 3 heterocycles. The average Bonchev–Trinajstić information content (AvgIpc) is 3.36. The van der Waals surface area contributed by atoms with Crippen LogP contribution in [0.2, 0.25) is 0 Å². The molecule has 172 valence electrons. The number of aromatic nitrogens is 2. The summed E-state index contributed by atoms with van der Waals surface area (Å²) in [6, 6.07) is 1.28. The molecule has 1 N–H and O–H groups in total. The summed E-state index contributed by atoms with van der Waals surface area (Å²) in [6.07, 6.45) is 3.41. The fraction of sp³-hybridized carbons (Fsp3) is 0.524. The van der Waals surface area contributed by atoms with Crippen molar-refractivity contribution in [3.8, 4) is 10.6 Å². The van der Waals surface area contributed by atoms with Crippen LogP contribution in [0.5, 0.6) is 0 Å². The van der Waals surface area contributed by atoms with Gasteiger partial charge in [-0.3, -0.25) is 9.59 Å². The van der Waals surface area contributed by atoms with Gasteiger partial charge in [0.05, 0.1) is 39.8 Å². The lowest BCUT2D eigenvalue weighted by Crippen LogP contribution is -2.31. The van der Waals surface area contributed by atoms with Crippen molar-refractivity contribution in [1.82, 2.24) is 19.2 Å². The van der Waals surface area contributed by atoms with Gasteiger partial charge in [0, 0.05) is 27.1 Å². The highest BCUT2D eigenvalue weighted by atomic mass is 32.2. The van der Waals surface area contributed by atoms with Crippen LogP contribution in [0.3, 0.4) is 0 Å². The molecule has 0 radical (unpaired) electrons. The summed E-state index contributed by atoms with van der Waals surface area (Å²) in [5, 5.41) is 3.17. The first-order valence-electron chi connectivity index (χ1n) is 10.5. The molecule has 1 atom stereocenters. The fourth-order valence-electron chi connectivity index (χ4n) is 3.90. The number of sulfonamides is 1. The van der Waals surface area contributed by atoms with Gasteiger partial charge in [0.25, 0.3) is 5.91 Å². The Morgan fingerprint density at radius 1 is 1.38 bits per heavy atom. The summed E-state index contributed by atoms with van der Waals surface area (Å²) in [4.78, 5) is 36.5.